The molecule has 2 N–H and O–H groups in total. The average Bonchev–Trinajstić information content (AvgIpc) is 2.98. The molecule has 2 aliphatic heterocycles. The predicted octanol–water partition coefficient (Wildman–Crippen LogP) is 2.90. The molecule has 0 unspecified atom stereocenters. The monoisotopic (exact) mass is 442 g/mol. The third-order valence-corrected chi connectivity index (χ3v) is 5.48. The minimum atomic E-state index is -0.504. The van der Waals surface area contributed by atoms with Crippen molar-refractivity contribution in [3.05, 3.63) is 35.0 Å². The van der Waals surface area contributed by atoms with E-state index >= 15 is 0 Å². The Hall–Kier alpha value is -3.30. The van der Waals surface area contributed by atoms with Gasteiger partial charge in [-0.15, -0.1) is 0 Å². The van der Waals surface area contributed by atoms with Gasteiger partial charge in [-0.1, -0.05) is 0 Å². The normalized spacial score (nSPS) is 17.2. The number of nitrogens with zero attached hydrogens (tertiary/aromatic N) is 4. The lowest BCUT2D eigenvalue weighted by Gasteiger charge is -2.39. The molecule has 10 nitrogen and oxygen atoms in total. The minimum absolute atomic E-state index is 0.219. The molecule has 0 saturated carbocycles. The summed E-state index contributed by atoms with van der Waals surface area (Å²) in [5.41, 5.74) is -0.353. The van der Waals surface area contributed by atoms with Gasteiger partial charge in [0.1, 0.15) is 17.6 Å². The SMILES string of the molecule is CC(C)(C)OC(=O)N1CCC(N2CCCOc3c(Nc4ccc[nH]c4=O)ncnc32)CC1. The highest BCUT2D eigenvalue weighted by molar-refractivity contribution is 5.70. The van der Waals surface area contributed by atoms with Gasteiger partial charge in [0.15, 0.2) is 11.6 Å². The minimum Gasteiger partial charge on any atom is -0.486 e. The number of ether oxygens (including phenoxy) is 2. The molecule has 4 heterocycles. The van der Waals surface area contributed by atoms with Crippen molar-refractivity contribution in [1.29, 1.82) is 0 Å². The summed E-state index contributed by atoms with van der Waals surface area (Å²) in [6, 6.07) is 3.65. The maximum Gasteiger partial charge on any atom is 0.410 e. The van der Waals surface area contributed by atoms with Gasteiger partial charge in [0.05, 0.1) is 6.61 Å². The van der Waals surface area contributed by atoms with Crippen LogP contribution in [0.4, 0.5) is 22.1 Å². The van der Waals surface area contributed by atoms with Crippen LogP contribution >= 0.6 is 0 Å². The molecule has 2 aromatic rings. The third kappa shape index (κ3) is 4.95. The molecule has 0 bridgehead atoms. The Morgan fingerprint density at radius 3 is 2.75 bits per heavy atom. The topological polar surface area (TPSA) is 113 Å². The van der Waals surface area contributed by atoms with Crippen LogP contribution in [0.5, 0.6) is 5.75 Å². The molecule has 1 fully saturated rings. The molecular weight excluding hydrogens is 412 g/mol. The van der Waals surface area contributed by atoms with E-state index in [0.29, 0.717) is 42.8 Å². The standard InChI is InChI=1S/C22H30N6O4/c1-22(2,3)32-21(30)27-11-7-15(8-12-27)28-10-5-13-31-17-18(24-14-25-19(17)28)26-16-6-4-9-23-20(16)29/h4,6,9,14-15H,5,7-8,10-13H2,1-3H3,(H,23,29)(H,24,25,26). The van der Waals surface area contributed by atoms with Crippen LogP contribution in [0.1, 0.15) is 40.0 Å². The van der Waals surface area contributed by atoms with Gasteiger partial charge in [0.2, 0.25) is 5.75 Å². The van der Waals surface area contributed by atoms with Crippen LogP contribution in [-0.2, 0) is 4.74 Å². The number of likely N-dealkylation sites (tertiary alicyclic amines) is 1. The molecule has 2 aliphatic rings. The molecule has 0 radical (unpaired) electrons. The van der Waals surface area contributed by atoms with Crippen LogP contribution in [0.15, 0.2) is 29.5 Å². The summed E-state index contributed by atoms with van der Waals surface area (Å²) in [5.74, 6) is 1.72. The highest BCUT2D eigenvalue weighted by Crippen LogP contribution is 2.37. The zero-order chi connectivity index (χ0) is 22.7. The van der Waals surface area contributed by atoms with Gasteiger partial charge in [-0.2, -0.15) is 0 Å². The first-order chi connectivity index (χ1) is 15.3. The Bertz CT molecular complexity index is 1010. The number of aromatic nitrogens is 3. The van der Waals surface area contributed by atoms with Crippen molar-refractivity contribution in [2.45, 2.75) is 51.7 Å². The van der Waals surface area contributed by atoms with E-state index in [9.17, 15) is 9.59 Å². The number of H-pyrrole nitrogens is 1. The van der Waals surface area contributed by atoms with E-state index in [1.54, 1.807) is 23.2 Å². The van der Waals surface area contributed by atoms with E-state index in [2.05, 4.69) is 25.2 Å². The highest BCUT2D eigenvalue weighted by atomic mass is 16.6. The summed E-state index contributed by atoms with van der Waals surface area (Å²) < 4.78 is 11.5. The van der Waals surface area contributed by atoms with Crippen molar-refractivity contribution >= 4 is 23.4 Å². The smallest absolute Gasteiger partial charge is 0.410 e. The number of rotatable bonds is 3. The first-order valence-corrected chi connectivity index (χ1v) is 11.0. The van der Waals surface area contributed by atoms with E-state index in [1.165, 1.54) is 6.33 Å². The number of carbonyl (C=O) groups is 1. The molecule has 1 amide bonds. The summed E-state index contributed by atoms with van der Waals surface area (Å²) in [4.78, 5) is 40.0. The number of aromatic amines is 1. The van der Waals surface area contributed by atoms with Crippen molar-refractivity contribution < 1.29 is 14.3 Å². The summed E-state index contributed by atoms with van der Waals surface area (Å²) in [6.45, 7) is 8.21. The fourth-order valence-electron chi connectivity index (χ4n) is 4.00. The quantitative estimate of drug-likeness (QED) is 0.746. The first kappa shape index (κ1) is 21.9. The van der Waals surface area contributed by atoms with Crippen molar-refractivity contribution in [3.63, 3.8) is 0 Å². The van der Waals surface area contributed by atoms with Gasteiger partial charge in [-0.3, -0.25) is 4.79 Å². The molecule has 172 valence electrons. The van der Waals surface area contributed by atoms with Crippen LogP contribution in [-0.4, -0.2) is 63.8 Å². The van der Waals surface area contributed by atoms with Crippen LogP contribution < -0.4 is 20.5 Å². The summed E-state index contributed by atoms with van der Waals surface area (Å²) >= 11 is 0. The maximum absolute atomic E-state index is 12.4. The Morgan fingerprint density at radius 1 is 1.25 bits per heavy atom. The lowest BCUT2D eigenvalue weighted by molar-refractivity contribution is 0.0204. The number of fused-ring (bicyclic) bond motifs is 1. The number of hydrogen-bond acceptors (Lipinski definition) is 8. The third-order valence-electron chi connectivity index (χ3n) is 5.48. The zero-order valence-corrected chi connectivity index (χ0v) is 18.8. The Balaban J connectivity index is 1.51. The fraction of sp³-hybridized carbons (Fsp3) is 0.545. The van der Waals surface area contributed by atoms with Crippen molar-refractivity contribution in [1.82, 2.24) is 19.9 Å². The maximum atomic E-state index is 12.4. The second-order valence-electron chi connectivity index (χ2n) is 9.01. The number of amides is 1. The molecule has 0 atom stereocenters. The van der Waals surface area contributed by atoms with Gasteiger partial charge in [0, 0.05) is 31.9 Å². The van der Waals surface area contributed by atoms with E-state index in [0.717, 1.165) is 25.8 Å². The van der Waals surface area contributed by atoms with E-state index in [1.807, 2.05) is 20.8 Å². The number of nitrogens with one attached hydrogen (secondary N) is 2. The van der Waals surface area contributed by atoms with Crippen LogP contribution in [0.25, 0.3) is 0 Å². The van der Waals surface area contributed by atoms with Crippen molar-refractivity contribution in [2.24, 2.45) is 0 Å². The summed E-state index contributed by atoms with van der Waals surface area (Å²) in [5, 5.41) is 3.08. The lowest BCUT2D eigenvalue weighted by atomic mass is 10.0. The number of hydrogen-bond donors (Lipinski definition) is 2. The zero-order valence-electron chi connectivity index (χ0n) is 18.8. The predicted molar refractivity (Wildman–Crippen MR) is 121 cm³/mol. The Labute approximate surface area is 186 Å². The number of carbonyl (C=O) groups excluding carboxylic acids is 1. The van der Waals surface area contributed by atoms with Crippen LogP contribution in [0.2, 0.25) is 0 Å². The number of piperidine rings is 1. The molecule has 2 aromatic heterocycles. The molecule has 0 aromatic carbocycles. The molecule has 1 saturated heterocycles. The molecular formula is C22H30N6O4. The van der Waals surface area contributed by atoms with E-state index < -0.39 is 5.60 Å². The van der Waals surface area contributed by atoms with Gasteiger partial charge in [0.25, 0.3) is 5.56 Å². The van der Waals surface area contributed by atoms with Gasteiger partial charge in [-0.05, 0) is 52.2 Å². The number of pyridine rings is 1. The molecule has 0 aliphatic carbocycles. The largest absolute Gasteiger partial charge is 0.486 e. The summed E-state index contributed by atoms with van der Waals surface area (Å²) in [6.07, 6.45) is 5.25. The van der Waals surface area contributed by atoms with Crippen molar-refractivity contribution in [3.8, 4) is 5.75 Å². The average molecular weight is 443 g/mol. The second-order valence-corrected chi connectivity index (χ2v) is 9.01. The fourth-order valence-corrected chi connectivity index (χ4v) is 4.00. The first-order valence-electron chi connectivity index (χ1n) is 11.0. The molecule has 0 spiro atoms. The summed E-state index contributed by atoms with van der Waals surface area (Å²) in [7, 11) is 0. The Morgan fingerprint density at radius 2 is 2.03 bits per heavy atom. The van der Waals surface area contributed by atoms with Crippen LogP contribution in [0.3, 0.4) is 0 Å². The van der Waals surface area contributed by atoms with Gasteiger partial charge < -0.3 is 29.6 Å². The van der Waals surface area contributed by atoms with Crippen LogP contribution in [0, 0.1) is 0 Å². The molecule has 10 heteroatoms. The Kier molecular flexibility index (Phi) is 6.20. The molecule has 32 heavy (non-hydrogen) atoms. The van der Waals surface area contributed by atoms with E-state index in [-0.39, 0.29) is 17.7 Å². The van der Waals surface area contributed by atoms with Crippen molar-refractivity contribution in [2.75, 3.05) is 36.5 Å². The van der Waals surface area contributed by atoms with Gasteiger partial charge >= 0.3 is 6.09 Å². The number of anilines is 3. The lowest BCUT2D eigenvalue weighted by Crippen LogP contribution is -2.48. The van der Waals surface area contributed by atoms with Gasteiger partial charge in [-0.25, -0.2) is 14.8 Å². The molecule has 4 rings (SSSR count). The van der Waals surface area contributed by atoms with E-state index in [4.69, 9.17) is 9.47 Å². The second kappa shape index (κ2) is 9.05. The highest BCUT2D eigenvalue weighted by Gasteiger charge is 2.33.